The zero-order valence-corrected chi connectivity index (χ0v) is 14.6. The molecule has 1 fully saturated rings. The molecule has 3 rings (SSSR count). The van der Waals surface area contributed by atoms with E-state index in [1.165, 1.54) is 17.8 Å². The quantitative estimate of drug-likeness (QED) is 0.836. The molecule has 0 unspecified atom stereocenters. The molecule has 0 aliphatic carbocycles. The molecule has 0 bridgehead atoms. The van der Waals surface area contributed by atoms with Crippen LogP contribution in [0.1, 0.15) is 5.56 Å². The first-order valence-corrected chi connectivity index (χ1v) is 8.62. The molecule has 132 valence electrons. The zero-order valence-electron chi connectivity index (χ0n) is 14.6. The predicted octanol–water partition coefficient (Wildman–Crippen LogP) is 2.61. The van der Waals surface area contributed by atoms with E-state index in [9.17, 15) is 9.18 Å². The van der Waals surface area contributed by atoms with Gasteiger partial charge in [0.05, 0.1) is 6.54 Å². The minimum atomic E-state index is -0.256. The highest BCUT2D eigenvalue weighted by atomic mass is 19.1. The third-order valence-corrected chi connectivity index (χ3v) is 4.61. The van der Waals surface area contributed by atoms with Crippen molar-refractivity contribution in [2.24, 2.45) is 0 Å². The van der Waals surface area contributed by atoms with E-state index in [0.717, 1.165) is 31.7 Å². The number of hydrogen-bond acceptors (Lipinski definition) is 3. The van der Waals surface area contributed by atoms with Gasteiger partial charge >= 0.3 is 0 Å². The highest BCUT2D eigenvalue weighted by Crippen LogP contribution is 2.15. The minimum Gasteiger partial charge on any atom is -0.369 e. The SMILES string of the molecule is CN(Cc1ccc(F)cc1)C(=O)CN1CCN(c2ccccc2)CC1. The molecule has 0 saturated carbocycles. The molecule has 5 heteroatoms. The van der Waals surface area contributed by atoms with Crippen molar-refractivity contribution < 1.29 is 9.18 Å². The molecule has 0 aromatic heterocycles. The molecule has 0 atom stereocenters. The highest BCUT2D eigenvalue weighted by molar-refractivity contribution is 5.78. The number of carbonyl (C=O) groups is 1. The van der Waals surface area contributed by atoms with Gasteiger partial charge in [-0.15, -0.1) is 0 Å². The van der Waals surface area contributed by atoms with Crippen LogP contribution in [0.5, 0.6) is 0 Å². The van der Waals surface area contributed by atoms with Gasteiger partial charge in [-0.1, -0.05) is 30.3 Å². The molecule has 0 spiro atoms. The molecule has 25 heavy (non-hydrogen) atoms. The monoisotopic (exact) mass is 341 g/mol. The maximum atomic E-state index is 13.0. The van der Waals surface area contributed by atoms with Crippen molar-refractivity contribution in [1.82, 2.24) is 9.80 Å². The van der Waals surface area contributed by atoms with Crippen molar-refractivity contribution in [3.05, 3.63) is 66.0 Å². The van der Waals surface area contributed by atoms with Crippen molar-refractivity contribution in [2.45, 2.75) is 6.54 Å². The maximum absolute atomic E-state index is 13.0. The fourth-order valence-electron chi connectivity index (χ4n) is 3.07. The number of carbonyl (C=O) groups excluding carboxylic acids is 1. The summed E-state index contributed by atoms with van der Waals surface area (Å²) in [7, 11) is 1.80. The van der Waals surface area contributed by atoms with Crippen LogP contribution in [0.4, 0.5) is 10.1 Å². The van der Waals surface area contributed by atoms with Gasteiger partial charge in [-0.05, 0) is 29.8 Å². The summed E-state index contributed by atoms with van der Waals surface area (Å²) in [6, 6.07) is 16.7. The Hall–Kier alpha value is -2.40. The summed E-state index contributed by atoms with van der Waals surface area (Å²) in [5.41, 5.74) is 2.17. The molecule has 1 heterocycles. The van der Waals surface area contributed by atoms with Gasteiger partial charge < -0.3 is 9.80 Å². The Kier molecular flexibility index (Phi) is 5.66. The summed E-state index contributed by atoms with van der Waals surface area (Å²) >= 11 is 0. The number of rotatable bonds is 5. The van der Waals surface area contributed by atoms with Crippen LogP contribution in [0.2, 0.25) is 0 Å². The number of piperazine rings is 1. The average Bonchev–Trinajstić information content (AvgIpc) is 2.65. The predicted molar refractivity (Wildman–Crippen MR) is 98.0 cm³/mol. The number of benzene rings is 2. The first-order chi connectivity index (χ1) is 12.1. The molecule has 2 aromatic carbocycles. The molecule has 0 radical (unpaired) electrons. The topological polar surface area (TPSA) is 26.8 Å². The van der Waals surface area contributed by atoms with Crippen LogP contribution in [0.25, 0.3) is 0 Å². The van der Waals surface area contributed by atoms with Crippen LogP contribution in [-0.2, 0) is 11.3 Å². The number of likely N-dealkylation sites (N-methyl/N-ethyl adjacent to an activating group) is 1. The van der Waals surface area contributed by atoms with Gasteiger partial charge in [-0.2, -0.15) is 0 Å². The fraction of sp³-hybridized carbons (Fsp3) is 0.350. The first-order valence-electron chi connectivity index (χ1n) is 8.62. The van der Waals surface area contributed by atoms with E-state index in [2.05, 4.69) is 34.1 Å². The molecule has 4 nitrogen and oxygen atoms in total. The van der Waals surface area contributed by atoms with Crippen molar-refractivity contribution in [3.8, 4) is 0 Å². The van der Waals surface area contributed by atoms with E-state index in [4.69, 9.17) is 0 Å². The lowest BCUT2D eigenvalue weighted by Gasteiger charge is -2.36. The van der Waals surface area contributed by atoms with Gasteiger partial charge in [0.1, 0.15) is 5.82 Å². The van der Waals surface area contributed by atoms with Gasteiger partial charge in [0.15, 0.2) is 0 Å². The van der Waals surface area contributed by atoms with Crippen LogP contribution in [0.3, 0.4) is 0 Å². The van der Waals surface area contributed by atoms with Gasteiger partial charge in [-0.3, -0.25) is 9.69 Å². The molecule has 1 aliphatic heterocycles. The summed E-state index contributed by atoms with van der Waals surface area (Å²) < 4.78 is 13.0. The number of halogens is 1. The van der Waals surface area contributed by atoms with Gasteiger partial charge in [-0.25, -0.2) is 4.39 Å². The lowest BCUT2D eigenvalue weighted by molar-refractivity contribution is -0.131. The van der Waals surface area contributed by atoms with Crippen molar-refractivity contribution in [1.29, 1.82) is 0 Å². The molecule has 0 N–H and O–H groups in total. The number of amides is 1. The summed E-state index contributed by atoms with van der Waals surface area (Å²) in [6.45, 7) is 4.55. The van der Waals surface area contributed by atoms with E-state index >= 15 is 0 Å². The van der Waals surface area contributed by atoms with E-state index in [1.807, 2.05) is 6.07 Å². The molecule has 1 aliphatic rings. The van der Waals surface area contributed by atoms with Gasteiger partial charge in [0.25, 0.3) is 0 Å². The number of anilines is 1. The highest BCUT2D eigenvalue weighted by Gasteiger charge is 2.20. The lowest BCUT2D eigenvalue weighted by atomic mass is 10.2. The third kappa shape index (κ3) is 4.79. The van der Waals surface area contributed by atoms with E-state index in [-0.39, 0.29) is 11.7 Å². The first kappa shape index (κ1) is 17.4. The average molecular weight is 341 g/mol. The molecule has 2 aromatic rings. The second-order valence-electron chi connectivity index (χ2n) is 6.48. The second-order valence-corrected chi connectivity index (χ2v) is 6.48. The third-order valence-electron chi connectivity index (χ3n) is 4.61. The Bertz CT molecular complexity index is 682. The normalized spacial score (nSPS) is 15.2. The minimum absolute atomic E-state index is 0.0949. The summed E-state index contributed by atoms with van der Waals surface area (Å²) in [5.74, 6) is -0.161. The number of para-hydroxylation sites is 1. The standard InChI is InChI=1S/C20H24FN3O/c1-22(15-17-7-9-18(21)10-8-17)20(25)16-23-11-13-24(14-12-23)19-5-3-2-4-6-19/h2-10H,11-16H2,1H3. The van der Waals surface area contributed by atoms with E-state index < -0.39 is 0 Å². The van der Waals surface area contributed by atoms with Crippen molar-refractivity contribution in [2.75, 3.05) is 44.7 Å². The Morgan fingerprint density at radius 3 is 2.28 bits per heavy atom. The van der Waals surface area contributed by atoms with Crippen LogP contribution in [0.15, 0.2) is 54.6 Å². The van der Waals surface area contributed by atoms with Gasteiger partial charge in [0, 0.05) is 45.5 Å². The molecular weight excluding hydrogens is 317 g/mol. The number of nitrogens with zero attached hydrogens (tertiary/aromatic N) is 3. The molecule has 1 amide bonds. The Morgan fingerprint density at radius 1 is 1.00 bits per heavy atom. The van der Waals surface area contributed by atoms with E-state index in [1.54, 1.807) is 24.1 Å². The van der Waals surface area contributed by atoms with Crippen LogP contribution in [-0.4, -0.2) is 55.5 Å². The summed E-state index contributed by atoms with van der Waals surface area (Å²) in [4.78, 5) is 18.7. The summed E-state index contributed by atoms with van der Waals surface area (Å²) in [6.07, 6.45) is 0. The summed E-state index contributed by atoms with van der Waals surface area (Å²) in [5, 5.41) is 0. The largest absolute Gasteiger partial charge is 0.369 e. The maximum Gasteiger partial charge on any atom is 0.236 e. The van der Waals surface area contributed by atoms with E-state index in [0.29, 0.717) is 13.1 Å². The smallest absolute Gasteiger partial charge is 0.236 e. The lowest BCUT2D eigenvalue weighted by Crippen LogP contribution is -2.49. The number of hydrogen-bond donors (Lipinski definition) is 0. The molecular formula is C20H24FN3O. The van der Waals surface area contributed by atoms with Crippen LogP contribution in [0, 0.1) is 5.82 Å². The Labute approximate surface area is 148 Å². The van der Waals surface area contributed by atoms with Crippen LogP contribution < -0.4 is 4.90 Å². The van der Waals surface area contributed by atoms with Gasteiger partial charge in [0.2, 0.25) is 5.91 Å². The molecule has 1 saturated heterocycles. The van der Waals surface area contributed by atoms with Crippen LogP contribution >= 0.6 is 0 Å². The Morgan fingerprint density at radius 2 is 1.64 bits per heavy atom. The second kappa shape index (κ2) is 8.12. The fourth-order valence-corrected chi connectivity index (χ4v) is 3.07. The Balaban J connectivity index is 1.46. The zero-order chi connectivity index (χ0) is 17.6. The van der Waals surface area contributed by atoms with Crippen molar-refractivity contribution >= 4 is 11.6 Å². The van der Waals surface area contributed by atoms with Crippen molar-refractivity contribution in [3.63, 3.8) is 0 Å².